The average molecular weight is 646 g/mol. The van der Waals surface area contributed by atoms with Gasteiger partial charge in [0.25, 0.3) is 11.1 Å². The Morgan fingerprint density at radius 1 is 0.976 bits per heavy atom. The third-order valence-electron chi connectivity index (χ3n) is 5.91. The fourth-order valence-electron chi connectivity index (χ4n) is 3.90. The molecule has 4 rings (SSSR count). The second-order valence-corrected chi connectivity index (χ2v) is 11.8. The Kier molecular flexibility index (Phi) is 10.8. The first-order valence-electron chi connectivity index (χ1n) is 11.8. The van der Waals surface area contributed by atoms with Gasteiger partial charge in [-0.05, 0) is 6.92 Å². The fourth-order valence-corrected chi connectivity index (χ4v) is 5.50. The lowest BCUT2D eigenvalue weighted by Gasteiger charge is -2.18. The molecule has 2 aliphatic heterocycles. The number of nitrogens with one attached hydrogen (secondary N) is 2. The molecule has 0 aliphatic carbocycles. The van der Waals surface area contributed by atoms with Crippen LogP contribution in [0.25, 0.3) is 0 Å². The number of aromatic nitrogens is 4. The molecule has 2 aromatic heterocycles. The summed E-state index contributed by atoms with van der Waals surface area (Å²) in [6.07, 6.45) is -5.80. The molecule has 2 fully saturated rings. The first kappa shape index (κ1) is 33.9. The molecule has 0 radical (unpaired) electrons. The Labute approximate surface area is 233 Å². The van der Waals surface area contributed by atoms with Crippen molar-refractivity contribution >= 4 is 15.6 Å². The minimum atomic E-state index is -5.26. The lowest BCUT2D eigenvalue weighted by molar-refractivity contribution is -0.0550. The van der Waals surface area contributed by atoms with Crippen LogP contribution in [0.15, 0.2) is 37.6 Å². The number of phosphoric acid groups is 2. The van der Waals surface area contributed by atoms with E-state index < -0.39 is 94.3 Å². The minimum absolute atomic E-state index is 0.0888. The van der Waals surface area contributed by atoms with Gasteiger partial charge >= 0.3 is 27.0 Å². The van der Waals surface area contributed by atoms with E-state index in [1.54, 1.807) is 0 Å². The highest BCUT2D eigenvalue weighted by Crippen LogP contribution is 2.57. The SMILES string of the molecule is Cc1cn([C@H]2C[C@H](O)[C@@H](COP(=O)(O)OP(=O)(O)O)O2)c(=O)[nH]c1=O.O=c1ccn([C@@H]2O[C@H](CO)[C@@H](O)[C@H]2O)c(=O)[nH]1. The van der Waals surface area contributed by atoms with Crippen LogP contribution in [0, 0.1) is 6.92 Å². The van der Waals surface area contributed by atoms with Crippen molar-refractivity contribution in [3.8, 4) is 0 Å². The second-order valence-electron chi connectivity index (χ2n) is 8.99. The zero-order valence-corrected chi connectivity index (χ0v) is 23.2. The molecule has 0 spiro atoms. The topological polar surface area (TPSA) is 322 Å². The normalized spacial score (nSPS) is 29.1. The number of aliphatic hydroxyl groups excluding tert-OH is 4. The first-order chi connectivity index (χ1) is 19.4. The Hall–Kier alpha value is -2.62. The van der Waals surface area contributed by atoms with Crippen LogP contribution in [-0.4, -0.2) is 97.9 Å². The maximum Gasteiger partial charge on any atom is 0.481 e. The van der Waals surface area contributed by atoms with E-state index in [0.717, 1.165) is 21.4 Å². The minimum Gasteiger partial charge on any atom is -0.394 e. The number of rotatable bonds is 8. The van der Waals surface area contributed by atoms with Crippen molar-refractivity contribution in [3.63, 3.8) is 0 Å². The number of hydrogen-bond acceptors (Lipinski definition) is 14. The lowest BCUT2D eigenvalue weighted by Crippen LogP contribution is -2.37. The van der Waals surface area contributed by atoms with E-state index in [9.17, 15) is 48.5 Å². The molecule has 2 aliphatic rings. The molecule has 236 valence electrons. The molecule has 8 atom stereocenters. The summed E-state index contributed by atoms with van der Waals surface area (Å²) >= 11 is 0. The van der Waals surface area contributed by atoms with Crippen LogP contribution in [-0.2, 0) is 27.4 Å². The summed E-state index contributed by atoms with van der Waals surface area (Å²) < 4.78 is 42.4. The highest BCUT2D eigenvalue weighted by Gasteiger charge is 2.44. The van der Waals surface area contributed by atoms with E-state index in [1.165, 1.54) is 13.1 Å². The highest BCUT2D eigenvalue weighted by molar-refractivity contribution is 7.60. The number of aryl methyl sites for hydroxylation is 1. The van der Waals surface area contributed by atoms with Crippen molar-refractivity contribution < 1.29 is 62.5 Å². The van der Waals surface area contributed by atoms with Crippen LogP contribution in [0.1, 0.15) is 24.4 Å². The van der Waals surface area contributed by atoms with Crippen molar-refractivity contribution in [2.75, 3.05) is 13.2 Å². The molecular formula is C19H28N4O17P2. The molecule has 2 saturated heterocycles. The number of H-pyrrole nitrogens is 2. The van der Waals surface area contributed by atoms with Gasteiger partial charge in [0.1, 0.15) is 30.6 Å². The number of ether oxygens (including phenoxy) is 2. The third-order valence-corrected chi connectivity index (χ3v) is 8.07. The maximum atomic E-state index is 11.8. The summed E-state index contributed by atoms with van der Waals surface area (Å²) in [6, 6.07) is 1.09. The van der Waals surface area contributed by atoms with Crippen molar-refractivity contribution in [3.05, 3.63) is 65.7 Å². The third kappa shape index (κ3) is 8.48. The zero-order chi connectivity index (χ0) is 31.6. The van der Waals surface area contributed by atoms with Crippen molar-refractivity contribution in [1.82, 2.24) is 19.1 Å². The van der Waals surface area contributed by atoms with E-state index >= 15 is 0 Å². The average Bonchev–Trinajstić information content (AvgIpc) is 3.38. The zero-order valence-electron chi connectivity index (χ0n) is 21.4. The Morgan fingerprint density at radius 2 is 1.62 bits per heavy atom. The van der Waals surface area contributed by atoms with Crippen LogP contribution in [0.3, 0.4) is 0 Å². The monoisotopic (exact) mass is 646 g/mol. The van der Waals surface area contributed by atoms with E-state index in [1.807, 2.05) is 4.98 Å². The van der Waals surface area contributed by atoms with Gasteiger partial charge in [0.2, 0.25) is 0 Å². The van der Waals surface area contributed by atoms with Crippen LogP contribution < -0.4 is 22.5 Å². The molecule has 2 aromatic rings. The van der Waals surface area contributed by atoms with Gasteiger partial charge in [0.15, 0.2) is 6.23 Å². The summed E-state index contributed by atoms with van der Waals surface area (Å²) in [4.78, 5) is 75.7. The van der Waals surface area contributed by atoms with Gasteiger partial charge in [0, 0.05) is 30.4 Å². The second kappa shape index (κ2) is 13.3. The summed E-state index contributed by atoms with van der Waals surface area (Å²) in [5.41, 5.74) is -2.44. The van der Waals surface area contributed by atoms with Gasteiger partial charge in [-0.3, -0.25) is 33.2 Å². The summed E-state index contributed by atoms with van der Waals surface area (Å²) in [5.74, 6) is 0. The van der Waals surface area contributed by atoms with E-state index in [2.05, 4.69) is 13.8 Å². The van der Waals surface area contributed by atoms with Gasteiger partial charge < -0.3 is 44.6 Å². The lowest BCUT2D eigenvalue weighted by atomic mass is 10.1. The molecule has 0 saturated carbocycles. The van der Waals surface area contributed by atoms with Crippen molar-refractivity contribution in [1.29, 1.82) is 0 Å². The molecule has 1 unspecified atom stereocenters. The molecule has 0 aromatic carbocycles. The molecule has 42 heavy (non-hydrogen) atoms. The number of aromatic amines is 2. The van der Waals surface area contributed by atoms with Crippen LogP contribution in [0.5, 0.6) is 0 Å². The van der Waals surface area contributed by atoms with E-state index in [0.29, 0.717) is 0 Å². The standard InChI is InChI=1S/C10H16N2O11P2.C9H12N2O6/c1-5-3-12(10(15)11-9(5)14)8-2-6(13)7(22-8)4-21-25(19,20)23-24(16,17)18;12-3-4-6(14)7(15)8(17-4)11-2-1-5(13)10-9(11)16/h3,6-8,13H,2,4H2,1H3,(H,19,20)(H,11,14,15)(H2,16,17,18);1-2,4,6-8,12,14-15H,3H2,(H,10,13,16)/t6-,7+,8+;4-,6-,7-,8-/m01/s1. The number of aliphatic hydroxyl groups is 4. The Balaban J connectivity index is 0.000000247. The molecule has 9 N–H and O–H groups in total. The largest absolute Gasteiger partial charge is 0.481 e. The quantitative estimate of drug-likeness (QED) is 0.123. The van der Waals surface area contributed by atoms with Crippen molar-refractivity contribution in [2.24, 2.45) is 0 Å². The van der Waals surface area contributed by atoms with Gasteiger partial charge in [-0.15, -0.1) is 0 Å². The van der Waals surface area contributed by atoms with Crippen LogP contribution >= 0.6 is 15.6 Å². The van der Waals surface area contributed by atoms with Crippen LogP contribution in [0.4, 0.5) is 0 Å². The van der Waals surface area contributed by atoms with E-state index in [4.69, 9.17) is 24.4 Å². The van der Waals surface area contributed by atoms with Crippen LogP contribution in [0.2, 0.25) is 0 Å². The van der Waals surface area contributed by atoms with Crippen molar-refractivity contribution in [2.45, 2.75) is 56.3 Å². The van der Waals surface area contributed by atoms with Gasteiger partial charge in [-0.2, -0.15) is 4.31 Å². The number of phosphoric ester groups is 1. The highest BCUT2D eigenvalue weighted by atomic mass is 31.3. The molecule has 23 heteroatoms. The smallest absolute Gasteiger partial charge is 0.394 e. The number of hydrogen-bond donors (Lipinski definition) is 9. The van der Waals surface area contributed by atoms with E-state index in [-0.39, 0.29) is 12.0 Å². The molecule has 21 nitrogen and oxygen atoms in total. The van der Waals surface area contributed by atoms with Gasteiger partial charge in [-0.1, -0.05) is 0 Å². The number of nitrogens with zero attached hydrogens (tertiary/aromatic N) is 2. The predicted molar refractivity (Wildman–Crippen MR) is 134 cm³/mol. The summed E-state index contributed by atoms with van der Waals surface area (Å²) in [7, 11) is -10.3. The maximum absolute atomic E-state index is 11.8. The summed E-state index contributed by atoms with van der Waals surface area (Å²) in [5, 5.41) is 38.0. The van der Waals surface area contributed by atoms with Gasteiger partial charge in [0.05, 0.1) is 19.3 Å². The van der Waals surface area contributed by atoms with Gasteiger partial charge in [-0.25, -0.2) is 18.7 Å². The predicted octanol–water partition coefficient (Wildman–Crippen LogP) is -4.13. The Bertz CT molecular complexity index is 1580. The molecular weight excluding hydrogens is 618 g/mol. The molecule has 4 heterocycles. The molecule has 0 bridgehead atoms. The fraction of sp³-hybridized carbons (Fsp3) is 0.579. The first-order valence-corrected chi connectivity index (χ1v) is 14.8. The summed E-state index contributed by atoms with van der Waals surface area (Å²) in [6.45, 7) is 0.248. The molecule has 0 amide bonds. The Morgan fingerprint density at radius 3 is 2.19 bits per heavy atom.